The van der Waals surface area contributed by atoms with E-state index < -0.39 is 0 Å². The minimum absolute atomic E-state index is 0.0215. The molecule has 0 radical (unpaired) electrons. The largest absolute Gasteiger partial charge is 0.390 e. The van der Waals surface area contributed by atoms with Crippen molar-refractivity contribution in [1.29, 1.82) is 0 Å². The zero-order chi connectivity index (χ0) is 11.4. The molecule has 0 aliphatic carbocycles. The second kappa shape index (κ2) is 5.14. The third-order valence-electron chi connectivity index (χ3n) is 2.28. The number of nitrogens with zero attached hydrogens (tertiary/aromatic N) is 3. The monoisotopic (exact) mass is 235 g/mol. The van der Waals surface area contributed by atoms with Crippen LogP contribution < -0.4 is 0 Å². The molecule has 0 saturated heterocycles. The average molecular weight is 235 g/mol. The third-order valence-corrected chi connectivity index (χ3v) is 3.36. The smallest absolute Gasteiger partial charge is 0.168 e. The van der Waals surface area contributed by atoms with Crippen molar-refractivity contribution in [2.75, 3.05) is 0 Å². The normalized spacial score (nSPS) is 10.6. The Morgan fingerprint density at radius 2 is 2.25 bits per heavy atom. The van der Waals surface area contributed by atoms with E-state index in [9.17, 15) is 0 Å². The molecule has 2 aromatic heterocycles. The van der Waals surface area contributed by atoms with Gasteiger partial charge in [0.25, 0.3) is 0 Å². The molecule has 0 fully saturated rings. The van der Waals surface area contributed by atoms with E-state index >= 15 is 0 Å². The highest BCUT2D eigenvalue weighted by Crippen LogP contribution is 2.20. The van der Waals surface area contributed by atoms with Crippen molar-refractivity contribution in [2.24, 2.45) is 7.05 Å². The van der Waals surface area contributed by atoms with Gasteiger partial charge in [0.1, 0.15) is 0 Å². The molecule has 0 aromatic carbocycles. The van der Waals surface area contributed by atoms with Crippen LogP contribution in [-0.4, -0.2) is 19.6 Å². The van der Waals surface area contributed by atoms with Crippen LogP contribution in [0, 0.1) is 0 Å². The number of thioether (sulfide) groups is 1. The van der Waals surface area contributed by atoms with Crippen LogP contribution in [0.4, 0.5) is 0 Å². The number of hydrogen-bond acceptors (Lipinski definition) is 4. The van der Waals surface area contributed by atoms with Gasteiger partial charge < -0.3 is 9.67 Å². The van der Waals surface area contributed by atoms with E-state index in [0.717, 1.165) is 22.3 Å². The van der Waals surface area contributed by atoms with Crippen molar-refractivity contribution < 1.29 is 5.11 Å². The molecule has 0 atom stereocenters. The van der Waals surface area contributed by atoms with Gasteiger partial charge in [-0.05, 0) is 12.1 Å². The van der Waals surface area contributed by atoms with Crippen molar-refractivity contribution in [2.45, 2.75) is 17.5 Å². The lowest BCUT2D eigenvalue weighted by molar-refractivity contribution is 0.271. The molecule has 0 bridgehead atoms. The van der Waals surface area contributed by atoms with E-state index in [1.807, 2.05) is 29.8 Å². The summed E-state index contributed by atoms with van der Waals surface area (Å²) in [5.74, 6) is 0.788. The number of hydrogen-bond donors (Lipinski definition) is 1. The fourth-order valence-electron chi connectivity index (χ4n) is 1.33. The van der Waals surface area contributed by atoms with Crippen LogP contribution >= 0.6 is 11.8 Å². The van der Waals surface area contributed by atoms with Crippen LogP contribution in [0.25, 0.3) is 0 Å². The molecular formula is C11H13N3OS. The maximum atomic E-state index is 9.03. The second-order valence-corrected chi connectivity index (χ2v) is 4.30. The van der Waals surface area contributed by atoms with Crippen LogP contribution in [0.5, 0.6) is 0 Å². The maximum absolute atomic E-state index is 9.03. The van der Waals surface area contributed by atoms with E-state index in [2.05, 4.69) is 9.97 Å². The maximum Gasteiger partial charge on any atom is 0.168 e. The summed E-state index contributed by atoms with van der Waals surface area (Å²) in [5, 5.41) is 9.93. The van der Waals surface area contributed by atoms with Crippen molar-refractivity contribution in [3.05, 3.63) is 42.0 Å². The highest BCUT2D eigenvalue weighted by atomic mass is 32.2. The zero-order valence-electron chi connectivity index (χ0n) is 9.00. The van der Waals surface area contributed by atoms with Gasteiger partial charge in [0.05, 0.1) is 24.2 Å². The standard InChI is InChI=1S/C11H13N3OS/c1-14-10(7-15)6-13-11(14)16-8-9-4-2-3-5-12-9/h2-6,15H,7-8H2,1H3. The molecule has 0 saturated carbocycles. The lowest BCUT2D eigenvalue weighted by Crippen LogP contribution is -1.97. The first-order chi connectivity index (χ1) is 7.81. The van der Waals surface area contributed by atoms with Crippen LogP contribution in [0.3, 0.4) is 0 Å². The Morgan fingerprint density at radius 1 is 1.38 bits per heavy atom. The van der Waals surface area contributed by atoms with Gasteiger partial charge in [-0.3, -0.25) is 4.98 Å². The Kier molecular flexibility index (Phi) is 3.58. The van der Waals surface area contributed by atoms with Crippen LogP contribution in [0.15, 0.2) is 35.7 Å². The molecule has 1 N–H and O–H groups in total. The van der Waals surface area contributed by atoms with E-state index in [4.69, 9.17) is 5.11 Å². The van der Waals surface area contributed by atoms with E-state index in [0.29, 0.717) is 0 Å². The number of imidazole rings is 1. The van der Waals surface area contributed by atoms with Crippen LogP contribution in [0.1, 0.15) is 11.4 Å². The Balaban J connectivity index is 2.02. The van der Waals surface area contributed by atoms with Gasteiger partial charge in [-0.15, -0.1) is 0 Å². The number of pyridine rings is 1. The van der Waals surface area contributed by atoms with E-state index in [1.165, 1.54) is 0 Å². The summed E-state index contributed by atoms with van der Waals surface area (Å²) in [4.78, 5) is 8.48. The van der Waals surface area contributed by atoms with Gasteiger partial charge in [-0.1, -0.05) is 17.8 Å². The Bertz CT molecular complexity index is 456. The van der Waals surface area contributed by atoms with Crippen LogP contribution in [-0.2, 0) is 19.4 Å². The number of aliphatic hydroxyl groups excluding tert-OH is 1. The summed E-state index contributed by atoms with van der Waals surface area (Å²) in [5.41, 5.74) is 1.85. The molecule has 84 valence electrons. The quantitative estimate of drug-likeness (QED) is 0.818. The Hall–Kier alpha value is -1.33. The Labute approximate surface area is 98.4 Å². The molecule has 0 aliphatic rings. The third kappa shape index (κ3) is 2.43. The highest BCUT2D eigenvalue weighted by molar-refractivity contribution is 7.98. The topological polar surface area (TPSA) is 50.9 Å². The zero-order valence-corrected chi connectivity index (χ0v) is 9.81. The fraction of sp³-hybridized carbons (Fsp3) is 0.273. The summed E-state index contributed by atoms with van der Waals surface area (Å²) in [6, 6.07) is 5.86. The first kappa shape index (κ1) is 11.2. The van der Waals surface area contributed by atoms with Gasteiger partial charge in [-0.25, -0.2) is 4.98 Å². The van der Waals surface area contributed by atoms with Gasteiger partial charge in [0.15, 0.2) is 5.16 Å². The average Bonchev–Trinajstić information content (AvgIpc) is 2.69. The predicted octanol–water partition coefficient (Wildman–Crippen LogP) is 1.60. The van der Waals surface area contributed by atoms with Gasteiger partial charge in [0.2, 0.25) is 0 Å². The minimum Gasteiger partial charge on any atom is -0.390 e. The first-order valence-corrected chi connectivity index (χ1v) is 5.94. The van der Waals surface area contributed by atoms with Crippen molar-refractivity contribution in [3.8, 4) is 0 Å². The molecule has 2 aromatic rings. The summed E-state index contributed by atoms with van der Waals surface area (Å²) in [6.45, 7) is 0.0215. The molecule has 16 heavy (non-hydrogen) atoms. The molecule has 2 heterocycles. The molecule has 0 amide bonds. The molecule has 5 heteroatoms. The van der Waals surface area contributed by atoms with Crippen molar-refractivity contribution in [1.82, 2.24) is 14.5 Å². The number of rotatable bonds is 4. The fourth-order valence-corrected chi connectivity index (χ4v) is 2.21. The van der Waals surface area contributed by atoms with Gasteiger partial charge >= 0.3 is 0 Å². The van der Waals surface area contributed by atoms with E-state index in [-0.39, 0.29) is 6.61 Å². The molecule has 0 unspecified atom stereocenters. The number of aromatic nitrogens is 3. The summed E-state index contributed by atoms with van der Waals surface area (Å²) in [6.07, 6.45) is 3.48. The molecule has 0 spiro atoms. The molecule has 2 rings (SSSR count). The van der Waals surface area contributed by atoms with Gasteiger partial charge in [-0.2, -0.15) is 0 Å². The van der Waals surface area contributed by atoms with Gasteiger partial charge in [0, 0.05) is 19.0 Å². The second-order valence-electron chi connectivity index (χ2n) is 3.36. The molecule has 4 nitrogen and oxygen atoms in total. The summed E-state index contributed by atoms with van der Waals surface area (Å²) < 4.78 is 1.90. The molecule has 0 aliphatic heterocycles. The lowest BCUT2D eigenvalue weighted by atomic mass is 10.4. The van der Waals surface area contributed by atoms with E-state index in [1.54, 1.807) is 24.2 Å². The summed E-state index contributed by atoms with van der Waals surface area (Å²) >= 11 is 1.61. The lowest BCUT2D eigenvalue weighted by Gasteiger charge is -2.03. The minimum atomic E-state index is 0.0215. The number of aliphatic hydroxyl groups is 1. The van der Waals surface area contributed by atoms with Crippen molar-refractivity contribution >= 4 is 11.8 Å². The van der Waals surface area contributed by atoms with Crippen molar-refractivity contribution in [3.63, 3.8) is 0 Å². The van der Waals surface area contributed by atoms with Crippen LogP contribution in [0.2, 0.25) is 0 Å². The Morgan fingerprint density at radius 3 is 2.88 bits per heavy atom. The highest BCUT2D eigenvalue weighted by Gasteiger charge is 2.06. The predicted molar refractivity (Wildman–Crippen MR) is 62.9 cm³/mol. The summed E-state index contributed by atoms with van der Waals surface area (Å²) in [7, 11) is 1.90. The first-order valence-electron chi connectivity index (χ1n) is 4.95. The molecular weight excluding hydrogens is 222 g/mol. The SMILES string of the molecule is Cn1c(CO)cnc1SCc1ccccn1.